The highest BCUT2D eigenvalue weighted by Crippen LogP contribution is 2.27. The number of phenols is 1. The van der Waals surface area contributed by atoms with Gasteiger partial charge in [0.2, 0.25) is 0 Å². The maximum Gasteiger partial charge on any atom is 0.410 e. The minimum atomic E-state index is -0.977. The van der Waals surface area contributed by atoms with Gasteiger partial charge in [0.15, 0.2) is 6.10 Å². The van der Waals surface area contributed by atoms with E-state index in [2.05, 4.69) is 10.2 Å². The highest BCUT2D eigenvalue weighted by Gasteiger charge is 2.36. The number of piperidine rings is 1. The van der Waals surface area contributed by atoms with Crippen LogP contribution in [0.2, 0.25) is 0 Å². The number of nitrogens with zero attached hydrogens (tertiary/aromatic N) is 4. The monoisotopic (exact) mass is 619 g/mol. The molecule has 4 aliphatic heterocycles. The average Bonchev–Trinajstić information content (AvgIpc) is 3.53. The molecular formula is C34H45N5O6. The number of phenolic OH excluding ortho intramolecular Hbond substituents is 1. The number of benzene rings is 2. The van der Waals surface area contributed by atoms with Crippen LogP contribution in [0.15, 0.2) is 36.4 Å². The van der Waals surface area contributed by atoms with Gasteiger partial charge in [-0.25, -0.2) is 9.59 Å². The zero-order valence-corrected chi connectivity index (χ0v) is 26.4. The van der Waals surface area contributed by atoms with Gasteiger partial charge in [-0.3, -0.25) is 9.69 Å². The number of hydrogen-bond donors (Lipinski definition) is 2. The van der Waals surface area contributed by atoms with Crippen LogP contribution in [0, 0.1) is 13.8 Å². The van der Waals surface area contributed by atoms with E-state index in [0.29, 0.717) is 51.6 Å². The summed E-state index contributed by atoms with van der Waals surface area (Å²) in [5, 5.41) is 13.3. The van der Waals surface area contributed by atoms with Crippen LogP contribution in [0.1, 0.15) is 41.5 Å². The second kappa shape index (κ2) is 13.7. The SMILES string of the molecule is Cc1cc(C[C@@H](OC(=O)N2CCC(N3CCc4ccccc4NC3=O)CC2)C(=O)N2CCN(C3CCOC3)CC2)cc(C)c1O. The van der Waals surface area contributed by atoms with Gasteiger partial charge in [0.1, 0.15) is 5.75 Å². The van der Waals surface area contributed by atoms with Crippen molar-refractivity contribution in [3.8, 4) is 5.75 Å². The fourth-order valence-electron chi connectivity index (χ4n) is 7.17. The van der Waals surface area contributed by atoms with Crippen molar-refractivity contribution in [3.63, 3.8) is 0 Å². The molecule has 0 aliphatic carbocycles. The second-order valence-electron chi connectivity index (χ2n) is 12.8. The minimum Gasteiger partial charge on any atom is -0.507 e. The Morgan fingerprint density at radius 1 is 0.956 bits per heavy atom. The summed E-state index contributed by atoms with van der Waals surface area (Å²) in [7, 11) is 0. The third-order valence-corrected chi connectivity index (χ3v) is 9.84. The summed E-state index contributed by atoms with van der Waals surface area (Å²) in [5.41, 5.74) is 4.26. The molecule has 1 unspecified atom stereocenters. The number of ether oxygens (including phenoxy) is 2. The normalized spacial score (nSPS) is 22.0. The number of piperazine rings is 1. The first kappa shape index (κ1) is 31.2. The van der Waals surface area contributed by atoms with Gasteiger partial charge >= 0.3 is 12.1 Å². The number of amides is 4. The lowest BCUT2D eigenvalue weighted by molar-refractivity contribution is -0.143. The number of carbonyl (C=O) groups is 3. The molecular weight excluding hydrogens is 574 g/mol. The predicted octanol–water partition coefficient (Wildman–Crippen LogP) is 3.54. The number of fused-ring (bicyclic) bond motifs is 1. The molecule has 45 heavy (non-hydrogen) atoms. The van der Waals surface area contributed by atoms with Crippen LogP contribution < -0.4 is 5.32 Å². The summed E-state index contributed by atoms with van der Waals surface area (Å²) >= 11 is 0. The molecule has 4 aliphatic rings. The number of carbonyl (C=O) groups excluding carboxylic acids is 3. The number of anilines is 1. The van der Waals surface area contributed by atoms with Gasteiger partial charge in [-0.1, -0.05) is 30.3 Å². The highest BCUT2D eigenvalue weighted by molar-refractivity contribution is 5.91. The standard InChI is InChI=1S/C34H45N5O6/c1-23-19-25(20-24(2)31(23)40)21-30(32(41)37-16-14-36(15-17-37)28-10-18-44-22-28)45-34(43)38-11-8-27(9-12-38)39-13-7-26-5-3-4-6-29(26)35-33(39)42/h3-6,19-20,27-28,30,40H,7-18,21-22H2,1-2H3,(H,35,42)/t28?,30-/m1/s1. The molecule has 2 atom stereocenters. The summed E-state index contributed by atoms with van der Waals surface area (Å²) in [6, 6.07) is 11.9. The minimum absolute atomic E-state index is 0.0188. The molecule has 6 rings (SSSR count). The van der Waals surface area contributed by atoms with Crippen LogP contribution in [0.25, 0.3) is 0 Å². The first-order chi connectivity index (χ1) is 21.8. The van der Waals surface area contributed by atoms with Gasteiger partial charge in [0, 0.05) is 76.6 Å². The van der Waals surface area contributed by atoms with Gasteiger partial charge in [0.25, 0.3) is 5.91 Å². The lowest BCUT2D eigenvalue weighted by Gasteiger charge is -2.39. The van der Waals surface area contributed by atoms with Crippen molar-refractivity contribution in [2.45, 2.75) is 64.1 Å². The molecule has 11 heteroatoms. The third-order valence-electron chi connectivity index (χ3n) is 9.84. The zero-order chi connectivity index (χ0) is 31.5. The highest BCUT2D eigenvalue weighted by atomic mass is 16.6. The van der Waals surface area contributed by atoms with Crippen LogP contribution >= 0.6 is 0 Å². The Morgan fingerprint density at radius 3 is 2.36 bits per heavy atom. The van der Waals surface area contributed by atoms with Gasteiger partial charge in [-0.2, -0.15) is 0 Å². The molecule has 3 fully saturated rings. The van der Waals surface area contributed by atoms with Crippen LogP contribution in [0.5, 0.6) is 5.75 Å². The Kier molecular flexibility index (Phi) is 9.46. The Balaban J connectivity index is 1.09. The molecule has 2 N–H and O–H groups in total. The lowest BCUT2D eigenvalue weighted by atomic mass is 10.0. The number of likely N-dealkylation sites (tertiary alicyclic amines) is 1. The molecule has 0 spiro atoms. The van der Waals surface area contributed by atoms with E-state index in [0.717, 1.165) is 67.1 Å². The Morgan fingerprint density at radius 2 is 1.67 bits per heavy atom. The average molecular weight is 620 g/mol. The quantitative estimate of drug-likeness (QED) is 0.509. The molecule has 242 valence electrons. The van der Waals surface area contributed by atoms with E-state index in [4.69, 9.17) is 9.47 Å². The summed E-state index contributed by atoms with van der Waals surface area (Å²) in [6.45, 7) is 9.37. The fourth-order valence-corrected chi connectivity index (χ4v) is 7.17. The van der Waals surface area contributed by atoms with Crippen molar-refractivity contribution in [3.05, 3.63) is 58.7 Å². The number of urea groups is 1. The molecule has 0 bridgehead atoms. The number of hydrogen-bond acceptors (Lipinski definition) is 7. The molecule has 0 saturated carbocycles. The summed E-state index contributed by atoms with van der Waals surface area (Å²) < 4.78 is 11.6. The molecule has 0 aromatic heterocycles. The summed E-state index contributed by atoms with van der Waals surface area (Å²) in [6.07, 6.45) is 1.82. The van der Waals surface area contributed by atoms with E-state index in [1.165, 1.54) is 0 Å². The van der Waals surface area contributed by atoms with Crippen molar-refractivity contribution >= 4 is 23.7 Å². The maximum absolute atomic E-state index is 13.9. The summed E-state index contributed by atoms with van der Waals surface area (Å²) in [5.74, 6) is 0.0419. The molecule has 4 amide bonds. The van der Waals surface area contributed by atoms with Crippen molar-refractivity contribution < 1.29 is 29.0 Å². The first-order valence-electron chi connectivity index (χ1n) is 16.3. The van der Waals surface area contributed by atoms with Gasteiger partial charge < -0.3 is 34.6 Å². The van der Waals surface area contributed by atoms with Gasteiger partial charge in [-0.05, 0) is 67.9 Å². The topological polar surface area (TPSA) is 115 Å². The van der Waals surface area contributed by atoms with E-state index in [1.54, 1.807) is 4.90 Å². The molecule has 11 nitrogen and oxygen atoms in total. The van der Waals surface area contributed by atoms with Gasteiger partial charge in [-0.15, -0.1) is 0 Å². The van der Waals surface area contributed by atoms with E-state index < -0.39 is 12.2 Å². The van der Waals surface area contributed by atoms with E-state index >= 15 is 0 Å². The number of aryl methyl sites for hydroxylation is 2. The van der Waals surface area contributed by atoms with E-state index in [-0.39, 0.29) is 30.2 Å². The zero-order valence-electron chi connectivity index (χ0n) is 26.4. The molecule has 4 heterocycles. The van der Waals surface area contributed by atoms with E-state index in [9.17, 15) is 19.5 Å². The van der Waals surface area contributed by atoms with E-state index in [1.807, 2.05) is 60.0 Å². The molecule has 3 saturated heterocycles. The number of nitrogens with one attached hydrogen (secondary N) is 1. The molecule has 2 aromatic rings. The summed E-state index contributed by atoms with van der Waals surface area (Å²) in [4.78, 5) is 48.2. The third kappa shape index (κ3) is 7.04. The Labute approximate surface area is 265 Å². The molecule has 0 radical (unpaired) electrons. The lowest BCUT2D eigenvalue weighted by Crippen LogP contribution is -2.55. The predicted molar refractivity (Wildman–Crippen MR) is 169 cm³/mol. The van der Waals surface area contributed by atoms with Crippen molar-refractivity contribution in [1.29, 1.82) is 0 Å². The van der Waals surface area contributed by atoms with Crippen LogP contribution in [-0.2, 0) is 27.1 Å². The largest absolute Gasteiger partial charge is 0.507 e. The van der Waals surface area contributed by atoms with Crippen molar-refractivity contribution in [1.82, 2.24) is 19.6 Å². The molecule has 2 aromatic carbocycles. The maximum atomic E-state index is 13.9. The fraction of sp³-hybridized carbons (Fsp3) is 0.559. The Bertz CT molecular complexity index is 1370. The van der Waals surface area contributed by atoms with Crippen LogP contribution in [-0.4, -0.2) is 120 Å². The van der Waals surface area contributed by atoms with Crippen LogP contribution in [0.3, 0.4) is 0 Å². The van der Waals surface area contributed by atoms with Crippen molar-refractivity contribution in [2.75, 3.05) is 64.3 Å². The number of para-hydroxylation sites is 1. The van der Waals surface area contributed by atoms with Crippen LogP contribution in [0.4, 0.5) is 15.3 Å². The van der Waals surface area contributed by atoms with Crippen molar-refractivity contribution in [2.24, 2.45) is 0 Å². The number of rotatable bonds is 6. The van der Waals surface area contributed by atoms with Gasteiger partial charge in [0.05, 0.1) is 6.61 Å². The smallest absolute Gasteiger partial charge is 0.410 e. The Hall–Kier alpha value is -3.83. The first-order valence-corrected chi connectivity index (χ1v) is 16.3. The second-order valence-corrected chi connectivity index (χ2v) is 12.8. The number of aromatic hydroxyl groups is 1.